The number of halogens is 1. The van der Waals surface area contributed by atoms with Crippen LogP contribution in [0.3, 0.4) is 0 Å². The number of nitrogens with one attached hydrogen (secondary N) is 1. The molecule has 0 aliphatic carbocycles. The van der Waals surface area contributed by atoms with Gasteiger partial charge >= 0.3 is 5.97 Å². The molecule has 1 rings (SSSR count). The van der Waals surface area contributed by atoms with Crippen LogP contribution in [0.1, 0.15) is 5.56 Å². The largest absolute Gasteiger partial charge is 0.468 e. The van der Waals surface area contributed by atoms with Crippen molar-refractivity contribution in [3.8, 4) is 0 Å². The zero-order valence-electron chi connectivity index (χ0n) is 11.0. The molecular weight excluding hydrogens is 251 g/mol. The Kier molecular flexibility index (Phi) is 5.95. The average Bonchev–Trinajstić information content (AvgIpc) is 2.37. The minimum Gasteiger partial charge on any atom is -0.468 e. The quantitative estimate of drug-likeness (QED) is 0.765. The van der Waals surface area contributed by atoms with Crippen LogP contribution in [0.2, 0.25) is 0 Å². The molecule has 0 aromatic heterocycles. The van der Waals surface area contributed by atoms with Gasteiger partial charge in [0.1, 0.15) is 5.82 Å². The number of carbonyl (C=O) groups is 2. The topological polar surface area (TPSA) is 58.6 Å². The fourth-order valence-corrected chi connectivity index (χ4v) is 1.48. The Morgan fingerprint density at radius 3 is 2.63 bits per heavy atom. The highest BCUT2D eigenvalue weighted by molar-refractivity contribution is 5.79. The molecule has 104 valence electrons. The van der Waals surface area contributed by atoms with Crippen LogP contribution >= 0.6 is 0 Å². The number of rotatable bonds is 6. The Morgan fingerprint density at radius 1 is 1.32 bits per heavy atom. The molecule has 0 atom stereocenters. The molecule has 0 radical (unpaired) electrons. The minimum atomic E-state index is -0.413. The van der Waals surface area contributed by atoms with Crippen molar-refractivity contribution in [3.05, 3.63) is 35.6 Å². The minimum absolute atomic E-state index is 0.0314. The van der Waals surface area contributed by atoms with Gasteiger partial charge in [0.15, 0.2) is 0 Å². The van der Waals surface area contributed by atoms with Crippen LogP contribution < -0.4 is 5.32 Å². The first-order valence-corrected chi connectivity index (χ1v) is 5.78. The third-order valence-corrected chi connectivity index (χ3v) is 2.47. The molecule has 1 N–H and O–H groups in total. The number of benzene rings is 1. The predicted octanol–water partition coefficient (Wildman–Crippen LogP) is 0.547. The molecule has 6 heteroatoms. The zero-order valence-corrected chi connectivity index (χ0v) is 11.0. The Morgan fingerprint density at radius 2 is 2.00 bits per heavy atom. The average molecular weight is 268 g/mol. The van der Waals surface area contributed by atoms with Gasteiger partial charge in [-0.2, -0.15) is 0 Å². The molecule has 1 aromatic carbocycles. The van der Waals surface area contributed by atoms with Crippen molar-refractivity contribution in [2.45, 2.75) is 6.54 Å². The van der Waals surface area contributed by atoms with Crippen LogP contribution in [0.25, 0.3) is 0 Å². The summed E-state index contributed by atoms with van der Waals surface area (Å²) < 4.78 is 17.8. The van der Waals surface area contributed by atoms with Gasteiger partial charge in [-0.05, 0) is 13.1 Å². The number of hydrogen-bond donors (Lipinski definition) is 1. The summed E-state index contributed by atoms with van der Waals surface area (Å²) in [6.07, 6.45) is 0. The van der Waals surface area contributed by atoms with Gasteiger partial charge < -0.3 is 10.1 Å². The summed E-state index contributed by atoms with van der Waals surface area (Å²) >= 11 is 0. The van der Waals surface area contributed by atoms with E-state index in [2.05, 4.69) is 10.1 Å². The maximum absolute atomic E-state index is 13.3. The van der Waals surface area contributed by atoms with E-state index in [9.17, 15) is 14.0 Å². The van der Waals surface area contributed by atoms with E-state index < -0.39 is 5.97 Å². The van der Waals surface area contributed by atoms with E-state index in [0.29, 0.717) is 5.56 Å². The van der Waals surface area contributed by atoms with Crippen molar-refractivity contribution in [1.82, 2.24) is 10.2 Å². The lowest BCUT2D eigenvalue weighted by Crippen LogP contribution is -2.37. The highest BCUT2D eigenvalue weighted by Gasteiger charge is 2.11. The van der Waals surface area contributed by atoms with Gasteiger partial charge in [-0.25, -0.2) is 4.39 Å². The molecule has 0 aliphatic rings. The van der Waals surface area contributed by atoms with E-state index in [0.717, 1.165) is 0 Å². The van der Waals surface area contributed by atoms with Gasteiger partial charge in [-0.15, -0.1) is 0 Å². The zero-order chi connectivity index (χ0) is 14.3. The maximum atomic E-state index is 13.3. The van der Waals surface area contributed by atoms with Crippen LogP contribution in [0.15, 0.2) is 24.3 Å². The summed E-state index contributed by atoms with van der Waals surface area (Å²) in [6, 6.07) is 6.23. The first kappa shape index (κ1) is 15.1. The number of nitrogens with zero attached hydrogens (tertiary/aromatic N) is 1. The highest BCUT2D eigenvalue weighted by Crippen LogP contribution is 2.05. The molecule has 0 fully saturated rings. The van der Waals surface area contributed by atoms with Gasteiger partial charge in [0.2, 0.25) is 5.91 Å². The van der Waals surface area contributed by atoms with Gasteiger partial charge in [0.05, 0.1) is 20.2 Å². The van der Waals surface area contributed by atoms with Crippen LogP contribution in [0.4, 0.5) is 4.39 Å². The molecule has 0 bridgehead atoms. The van der Waals surface area contributed by atoms with E-state index in [4.69, 9.17) is 0 Å². The van der Waals surface area contributed by atoms with Crippen LogP contribution in [0, 0.1) is 5.82 Å². The molecule has 0 unspecified atom stereocenters. The second kappa shape index (κ2) is 7.48. The lowest BCUT2D eigenvalue weighted by atomic mass is 10.2. The molecule has 19 heavy (non-hydrogen) atoms. The molecule has 0 aliphatic heterocycles. The molecule has 1 amide bonds. The monoisotopic (exact) mass is 268 g/mol. The fourth-order valence-electron chi connectivity index (χ4n) is 1.48. The summed E-state index contributed by atoms with van der Waals surface area (Å²) in [5, 5.41) is 2.59. The summed E-state index contributed by atoms with van der Waals surface area (Å²) in [7, 11) is 2.91. The van der Waals surface area contributed by atoms with E-state index in [1.54, 1.807) is 25.2 Å². The molecule has 0 heterocycles. The van der Waals surface area contributed by atoms with Crippen molar-refractivity contribution < 1.29 is 18.7 Å². The van der Waals surface area contributed by atoms with Crippen molar-refractivity contribution in [2.75, 3.05) is 27.2 Å². The first-order valence-electron chi connectivity index (χ1n) is 5.78. The second-order valence-electron chi connectivity index (χ2n) is 4.12. The number of ether oxygens (including phenoxy) is 1. The highest BCUT2D eigenvalue weighted by atomic mass is 19.1. The maximum Gasteiger partial charge on any atom is 0.319 e. The van der Waals surface area contributed by atoms with Crippen molar-refractivity contribution in [1.29, 1.82) is 0 Å². The Hall–Kier alpha value is -1.95. The van der Waals surface area contributed by atoms with Crippen molar-refractivity contribution in [2.24, 2.45) is 0 Å². The first-order chi connectivity index (χ1) is 9.02. The van der Waals surface area contributed by atoms with Crippen molar-refractivity contribution >= 4 is 11.9 Å². The van der Waals surface area contributed by atoms with Crippen molar-refractivity contribution in [3.63, 3.8) is 0 Å². The molecule has 0 spiro atoms. The summed E-state index contributed by atoms with van der Waals surface area (Å²) in [6.45, 7) is 0.199. The second-order valence-corrected chi connectivity index (χ2v) is 4.12. The van der Waals surface area contributed by atoms with Gasteiger partial charge in [-0.1, -0.05) is 18.2 Å². The predicted molar refractivity (Wildman–Crippen MR) is 67.8 cm³/mol. The number of hydrogen-bond acceptors (Lipinski definition) is 4. The number of likely N-dealkylation sites (N-methyl/N-ethyl adjacent to an activating group) is 1. The third kappa shape index (κ3) is 5.48. The molecule has 0 saturated carbocycles. The lowest BCUT2D eigenvalue weighted by Gasteiger charge is -2.14. The summed E-state index contributed by atoms with van der Waals surface area (Å²) in [4.78, 5) is 24.1. The number of amides is 1. The number of carbonyl (C=O) groups excluding carboxylic acids is 2. The van der Waals surface area contributed by atoms with E-state index in [1.165, 1.54) is 18.1 Å². The molecule has 5 nitrogen and oxygen atoms in total. The lowest BCUT2D eigenvalue weighted by molar-refractivity contribution is -0.141. The Balaban J connectivity index is 2.36. The van der Waals surface area contributed by atoms with Crippen LogP contribution in [-0.4, -0.2) is 44.0 Å². The number of methoxy groups -OCH3 is 1. The SMILES string of the molecule is COC(=O)CN(C)CC(=O)NCc1ccccc1F. The van der Waals surface area contributed by atoms with Gasteiger partial charge in [0, 0.05) is 12.1 Å². The molecule has 1 aromatic rings. The Labute approximate surface area is 111 Å². The standard InChI is InChI=1S/C13H17FN2O3/c1-16(9-13(18)19-2)8-12(17)15-7-10-5-3-4-6-11(10)14/h3-6H,7-9H2,1-2H3,(H,15,17). The smallest absolute Gasteiger partial charge is 0.319 e. The van der Waals surface area contributed by atoms with Crippen LogP contribution in [-0.2, 0) is 20.9 Å². The molecule has 0 saturated heterocycles. The third-order valence-electron chi connectivity index (χ3n) is 2.47. The summed E-state index contributed by atoms with van der Waals surface area (Å²) in [5.74, 6) is -1.05. The van der Waals surface area contributed by atoms with Gasteiger partial charge in [0.25, 0.3) is 0 Å². The Bertz CT molecular complexity index is 451. The van der Waals surface area contributed by atoms with E-state index in [-0.39, 0.29) is 31.4 Å². The fraction of sp³-hybridized carbons (Fsp3) is 0.385. The normalized spacial score (nSPS) is 10.3. The summed E-state index contributed by atoms with van der Waals surface area (Å²) in [5.41, 5.74) is 0.423. The molecular formula is C13H17FN2O3. The number of esters is 1. The van der Waals surface area contributed by atoms with Gasteiger partial charge in [-0.3, -0.25) is 14.5 Å². The van der Waals surface area contributed by atoms with E-state index in [1.807, 2.05) is 0 Å². The van der Waals surface area contributed by atoms with Crippen LogP contribution in [0.5, 0.6) is 0 Å². The van der Waals surface area contributed by atoms with E-state index >= 15 is 0 Å².